The Balaban J connectivity index is 2.99. The number of nitro groups is 1. The SMILES string of the molecule is Cc1cc(NC(C)(C)C(=O)O)ccc1[N+](=O)[O-]. The molecule has 0 fully saturated rings. The summed E-state index contributed by atoms with van der Waals surface area (Å²) in [5, 5.41) is 22.4. The number of rotatable bonds is 4. The van der Waals surface area contributed by atoms with Crippen LogP contribution in [0.25, 0.3) is 0 Å². The topological polar surface area (TPSA) is 92.5 Å². The highest BCUT2D eigenvalue weighted by Gasteiger charge is 2.26. The molecule has 0 unspecified atom stereocenters. The standard InChI is InChI=1S/C11H14N2O4/c1-7-6-8(4-5-9(7)13(16)17)12-11(2,3)10(14)15/h4-6,12H,1-3H3,(H,14,15). The molecule has 0 radical (unpaired) electrons. The van der Waals surface area contributed by atoms with Crippen LogP contribution in [0.2, 0.25) is 0 Å². The molecule has 0 saturated carbocycles. The molecule has 0 heterocycles. The van der Waals surface area contributed by atoms with Crippen LogP contribution in [0, 0.1) is 17.0 Å². The lowest BCUT2D eigenvalue weighted by Crippen LogP contribution is -2.39. The van der Waals surface area contributed by atoms with Gasteiger partial charge in [-0.3, -0.25) is 10.1 Å². The van der Waals surface area contributed by atoms with Gasteiger partial charge < -0.3 is 10.4 Å². The number of benzene rings is 1. The van der Waals surface area contributed by atoms with E-state index in [9.17, 15) is 14.9 Å². The molecule has 0 saturated heterocycles. The summed E-state index contributed by atoms with van der Waals surface area (Å²) < 4.78 is 0. The maximum absolute atomic E-state index is 10.9. The molecule has 0 atom stereocenters. The molecule has 2 N–H and O–H groups in total. The van der Waals surface area contributed by atoms with Crippen molar-refractivity contribution >= 4 is 17.3 Å². The highest BCUT2D eigenvalue weighted by molar-refractivity contribution is 5.81. The van der Waals surface area contributed by atoms with E-state index in [-0.39, 0.29) is 5.69 Å². The second-order valence-electron chi connectivity index (χ2n) is 4.31. The zero-order chi connectivity index (χ0) is 13.2. The Morgan fingerprint density at radius 3 is 2.47 bits per heavy atom. The molecule has 0 bridgehead atoms. The zero-order valence-electron chi connectivity index (χ0n) is 9.85. The van der Waals surface area contributed by atoms with Crippen molar-refractivity contribution in [3.63, 3.8) is 0 Å². The smallest absolute Gasteiger partial charge is 0.328 e. The average Bonchev–Trinajstić information content (AvgIpc) is 2.15. The maximum atomic E-state index is 10.9. The van der Waals surface area contributed by atoms with Crippen molar-refractivity contribution in [1.82, 2.24) is 0 Å². The first-order chi connectivity index (χ1) is 7.74. The van der Waals surface area contributed by atoms with E-state index in [0.717, 1.165) is 0 Å². The van der Waals surface area contributed by atoms with Gasteiger partial charge in [-0.1, -0.05) is 0 Å². The van der Waals surface area contributed by atoms with Crippen molar-refractivity contribution < 1.29 is 14.8 Å². The Morgan fingerprint density at radius 2 is 2.06 bits per heavy atom. The van der Waals surface area contributed by atoms with E-state index < -0.39 is 16.4 Å². The van der Waals surface area contributed by atoms with Crippen LogP contribution in [0.15, 0.2) is 18.2 Å². The van der Waals surface area contributed by atoms with E-state index in [1.54, 1.807) is 13.0 Å². The molecule has 6 heteroatoms. The molecular weight excluding hydrogens is 224 g/mol. The normalized spacial score (nSPS) is 11.0. The van der Waals surface area contributed by atoms with Gasteiger partial charge >= 0.3 is 5.97 Å². The van der Waals surface area contributed by atoms with Gasteiger partial charge in [0.2, 0.25) is 0 Å². The van der Waals surface area contributed by atoms with E-state index in [2.05, 4.69) is 5.32 Å². The van der Waals surface area contributed by atoms with E-state index in [1.165, 1.54) is 26.0 Å². The molecule has 0 aliphatic rings. The Bertz CT molecular complexity index is 469. The van der Waals surface area contributed by atoms with E-state index in [1.807, 2.05) is 0 Å². The summed E-state index contributed by atoms with van der Waals surface area (Å²) in [6, 6.07) is 4.41. The Hall–Kier alpha value is -2.11. The van der Waals surface area contributed by atoms with Gasteiger partial charge in [-0.25, -0.2) is 4.79 Å². The second-order valence-corrected chi connectivity index (χ2v) is 4.31. The van der Waals surface area contributed by atoms with Gasteiger partial charge in [0.05, 0.1) is 4.92 Å². The van der Waals surface area contributed by atoms with Crippen molar-refractivity contribution in [3.8, 4) is 0 Å². The van der Waals surface area contributed by atoms with Gasteiger partial charge in [-0.2, -0.15) is 0 Å². The summed E-state index contributed by atoms with van der Waals surface area (Å²) in [7, 11) is 0. The number of hydrogen-bond donors (Lipinski definition) is 2. The van der Waals surface area contributed by atoms with Crippen LogP contribution in [0.1, 0.15) is 19.4 Å². The summed E-state index contributed by atoms with van der Waals surface area (Å²) in [6.07, 6.45) is 0. The van der Waals surface area contributed by atoms with Gasteiger partial charge in [-0.15, -0.1) is 0 Å². The highest BCUT2D eigenvalue weighted by atomic mass is 16.6. The summed E-state index contributed by atoms with van der Waals surface area (Å²) >= 11 is 0. The molecule has 6 nitrogen and oxygen atoms in total. The first-order valence-electron chi connectivity index (χ1n) is 5.00. The average molecular weight is 238 g/mol. The first-order valence-corrected chi connectivity index (χ1v) is 5.00. The quantitative estimate of drug-likeness (QED) is 0.619. The van der Waals surface area contributed by atoms with E-state index in [0.29, 0.717) is 11.3 Å². The van der Waals surface area contributed by atoms with Gasteiger partial charge in [-0.05, 0) is 32.9 Å². The lowest BCUT2D eigenvalue weighted by atomic mass is 10.0. The van der Waals surface area contributed by atoms with Crippen LogP contribution < -0.4 is 5.32 Å². The van der Waals surface area contributed by atoms with Crippen LogP contribution >= 0.6 is 0 Å². The van der Waals surface area contributed by atoms with Crippen LogP contribution in [-0.2, 0) is 4.79 Å². The lowest BCUT2D eigenvalue weighted by Gasteiger charge is -2.22. The molecule has 0 amide bonds. The third kappa shape index (κ3) is 2.93. The Morgan fingerprint density at radius 1 is 1.47 bits per heavy atom. The second kappa shape index (κ2) is 4.40. The number of carbonyl (C=O) groups is 1. The zero-order valence-corrected chi connectivity index (χ0v) is 9.85. The van der Waals surface area contributed by atoms with Crippen molar-refractivity contribution in [3.05, 3.63) is 33.9 Å². The van der Waals surface area contributed by atoms with Gasteiger partial charge in [0.1, 0.15) is 5.54 Å². The summed E-state index contributed by atoms with van der Waals surface area (Å²) in [6.45, 7) is 4.65. The van der Waals surface area contributed by atoms with Crippen molar-refractivity contribution in [2.45, 2.75) is 26.3 Å². The van der Waals surface area contributed by atoms with Crippen LogP contribution in [0.3, 0.4) is 0 Å². The van der Waals surface area contributed by atoms with Gasteiger partial charge in [0.15, 0.2) is 0 Å². The van der Waals surface area contributed by atoms with E-state index >= 15 is 0 Å². The maximum Gasteiger partial charge on any atom is 0.328 e. The molecule has 92 valence electrons. The molecule has 0 aromatic heterocycles. The molecule has 0 aliphatic carbocycles. The Labute approximate surface area is 98.4 Å². The first kappa shape index (κ1) is 13.0. The van der Waals surface area contributed by atoms with Crippen molar-refractivity contribution in [1.29, 1.82) is 0 Å². The monoisotopic (exact) mass is 238 g/mol. The predicted octanol–water partition coefficient (Wildman–Crippen LogP) is 2.18. The third-order valence-electron chi connectivity index (χ3n) is 2.38. The third-order valence-corrected chi connectivity index (χ3v) is 2.38. The number of anilines is 1. The van der Waals surface area contributed by atoms with Gasteiger partial charge in [0, 0.05) is 17.3 Å². The van der Waals surface area contributed by atoms with E-state index in [4.69, 9.17) is 5.11 Å². The molecule has 1 aromatic rings. The van der Waals surface area contributed by atoms with Crippen LogP contribution in [0.4, 0.5) is 11.4 Å². The van der Waals surface area contributed by atoms with Gasteiger partial charge in [0.25, 0.3) is 5.69 Å². The fourth-order valence-electron chi connectivity index (χ4n) is 1.35. The molecule has 1 aromatic carbocycles. The molecule has 1 rings (SSSR count). The number of aryl methyl sites for hydroxylation is 1. The Kier molecular flexibility index (Phi) is 3.36. The number of nitro benzene ring substituents is 1. The number of carboxylic acids is 1. The largest absolute Gasteiger partial charge is 0.480 e. The number of carboxylic acid groups (broad SMARTS) is 1. The van der Waals surface area contributed by atoms with Crippen molar-refractivity contribution in [2.24, 2.45) is 0 Å². The molecular formula is C11H14N2O4. The summed E-state index contributed by atoms with van der Waals surface area (Å²) in [5.41, 5.74) is -0.0758. The van der Waals surface area contributed by atoms with Crippen LogP contribution in [0.5, 0.6) is 0 Å². The fourth-order valence-corrected chi connectivity index (χ4v) is 1.35. The lowest BCUT2D eigenvalue weighted by molar-refractivity contribution is -0.385. The summed E-state index contributed by atoms with van der Waals surface area (Å²) in [4.78, 5) is 21.1. The summed E-state index contributed by atoms with van der Waals surface area (Å²) in [5.74, 6) is -0.992. The minimum absolute atomic E-state index is 0.0173. The highest BCUT2D eigenvalue weighted by Crippen LogP contribution is 2.23. The molecule has 0 spiro atoms. The number of aliphatic carboxylic acids is 1. The number of hydrogen-bond acceptors (Lipinski definition) is 4. The minimum Gasteiger partial charge on any atom is -0.480 e. The number of nitrogens with zero attached hydrogens (tertiary/aromatic N) is 1. The van der Waals surface area contributed by atoms with Crippen LogP contribution in [-0.4, -0.2) is 21.5 Å². The molecule has 0 aliphatic heterocycles. The fraction of sp³-hybridized carbons (Fsp3) is 0.364. The molecule has 17 heavy (non-hydrogen) atoms. The predicted molar refractivity (Wildman–Crippen MR) is 63.2 cm³/mol. The van der Waals surface area contributed by atoms with Crippen molar-refractivity contribution in [2.75, 3.05) is 5.32 Å². The number of nitrogens with one attached hydrogen (secondary N) is 1. The minimum atomic E-state index is -1.12.